The fourth-order valence-corrected chi connectivity index (χ4v) is 1.63. The highest BCUT2D eigenvalue weighted by Crippen LogP contribution is 2.22. The van der Waals surface area contributed by atoms with Crippen molar-refractivity contribution in [1.29, 1.82) is 0 Å². The molecular weight excluding hydrogens is 282 g/mol. The standard InChI is InChI=1S/C13H14ClN3O3/c1-7-6-10(4-5-11(7)14)19-9(3)13(18)15-12-8(2)16-20-17-12/h4-6,9H,1-3H3,(H,15,17,18)/t9-/m1/s1. The van der Waals surface area contributed by atoms with Crippen molar-refractivity contribution in [3.63, 3.8) is 0 Å². The number of nitrogens with one attached hydrogen (secondary N) is 1. The lowest BCUT2D eigenvalue weighted by atomic mass is 10.2. The lowest BCUT2D eigenvalue weighted by molar-refractivity contribution is -0.122. The molecule has 6 nitrogen and oxygen atoms in total. The van der Waals surface area contributed by atoms with Gasteiger partial charge in [0.1, 0.15) is 11.4 Å². The van der Waals surface area contributed by atoms with Crippen LogP contribution in [0.15, 0.2) is 22.8 Å². The SMILES string of the molecule is Cc1cc(O[C@H](C)C(=O)Nc2nonc2C)ccc1Cl. The molecular formula is C13H14ClN3O3. The molecule has 7 heteroatoms. The van der Waals surface area contributed by atoms with Gasteiger partial charge in [0.2, 0.25) is 0 Å². The number of carbonyl (C=O) groups excluding carboxylic acids is 1. The Balaban J connectivity index is 2.00. The summed E-state index contributed by atoms with van der Waals surface area (Å²) in [5.74, 6) is 0.527. The molecule has 0 saturated carbocycles. The normalized spacial score (nSPS) is 12.0. The molecule has 0 unspecified atom stereocenters. The molecule has 0 bridgehead atoms. The minimum absolute atomic E-state index is 0.290. The van der Waals surface area contributed by atoms with Gasteiger partial charge in [0, 0.05) is 5.02 Å². The highest BCUT2D eigenvalue weighted by molar-refractivity contribution is 6.31. The largest absolute Gasteiger partial charge is 0.481 e. The van der Waals surface area contributed by atoms with E-state index in [1.54, 1.807) is 32.0 Å². The molecule has 0 aliphatic rings. The average Bonchev–Trinajstić information content (AvgIpc) is 2.79. The first kappa shape index (κ1) is 14.3. The van der Waals surface area contributed by atoms with Crippen LogP contribution in [0.2, 0.25) is 5.02 Å². The van der Waals surface area contributed by atoms with Gasteiger partial charge in [-0.1, -0.05) is 16.8 Å². The number of rotatable bonds is 4. The molecule has 1 aromatic carbocycles. The molecule has 0 spiro atoms. The Kier molecular flexibility index (Phi) is 4.24. The molecule has 1 N–H and O–H groups in total. The first-order valence-corrected chi connectivity index (χ1v) is 6.38. The van der Waals surface area contributed by atoms with Crippen LogP contribution in [0.5, 0.6) is 5.75 Å². The summed E-state index contributed by atoms with van der Waals surface area (Å²) in [6, 6.07) is 5.21. The van der Waals surface area contributed by atoms with Crippen molar-refractivity contribution >= 4 is 23.3 Å². The predicted molar refractivity (Wildman–Crippen MR) is 73.9 cm³/mol. The van der Waals surface area contributed by atoms with Crippen LogP contribution in [-0.4, -0.2) is 22.3 Å². The fraction of sp³-hybridized carbons (Fsp3) is 0.308. The van der Waals surface area contributed by atoms with E-state index >= 15 is 0 Å². The maximum Gasteiger partial charge on any atom is 0.266 e. The number of hydrogen-bond donors (Lipinski definition) is 1. The number of ether oxygens (including phenoxy) is 1. The van der Waals surface area contributed by atoms with Gasteiger partial charge in [-0.05, 0) is 49.7 Å². The van der Waals surface area contributed by atoms with E-state index < -0.39 is 6.10 Å². The molecule has 0 aliphatic carbocycles. The van der Waals surface area contributed by atoms with Crippen LogP contribution in [0.3, 0.4) is 0 Å². The fourth-order valence-electron chi connectivity index (χ4n) is 1.51. The number of amides is 1. The van der Waals surface area contributed by atoms with E-state index in [0.717, 1.165) is 5.56 Å². The Morgan fingerprint density at radius 2 is 2.15 bits per heavy atom. The van der Waals surface area contributed by atoms with Crippen molar-refractivity contribution in [3.8, 4) is 5.75 Å². The summed E-state index contributed by atoms with van der Waals surface area (Å²) in [5.41, 5.74) is 1.39. The molecule has 1 atom stereocenters. The van der Waals surface area contributed by atoms with Crippen LogP contribution in [0.25, 0.3) is 0 Å². The number of nitrogens with zero attached hydrogens (tertiary/aromatic N) is 2. The van der Waals surface area contributed by atoms with Crippen LogP contribution >= 0.6 is 11.6 Å². The summed E-state index contributed by atoms with van der Waals surface area (Å²) >= 11 is 5.93. The van der Waals surface area contributed by atoms with E-state index in [2.05, 4.69) is 20.3 Å². The van der Waals surface area contributed by atoms with Gasteiger partial charge in [0.25, 0.3) is 5.91 Å². The molecule has 0 aliphatic heterocycles. The Bertz CT molecular complexity index is 627. The molecule has 1 amide bonds. The van der Waals surface area contributed by atoms with Crippen molar-refractivity contribution in [1.82, 2.24) is 10.3 Å². The second-order valence-corrected chi connectivity index (χ2v) is 4.77. The molecule has 2 rings (SSSR count). The van der Waals surface area contributed by atoms with E-state index in [0.29, 0.717) is 16.5 Å². The third-order valence-corrected chi connectivity index (χ3v) is 3.13. The van der Waals surface area contributed by atoms with Gasteiger partial charge >= 0.3 is 0 Å². The molecule has 106 valence electrons. The monoisotopic (exact) mass is 295 g/mol. The van der Waals surface area contributed by atoms with E-state index in [1.165, 1.54) is 0 Å². The van der Waals surface area contributed by atoms with Gasteiger partial charge < -0.3 is 10.1 Å². The average molecular weight is 296 g/mol. The number of benzene rings is 1. The summed E-state index contributed by atoms with van der Waals surface area (Å²) in [6.07, 6.45) is -0.688. The molecule has 20 heavy (non-hydrogen) atoms. The number of aromatic nitrogens is 2. The lowest BCUT2D eigenvalue weighted by Crippen LogP contribution is -2.30. The molecule has 2 aromatic rings. The number of carbonyl (C=O) groups is 1. The van der Waals surface area contributed by atoms with Crippen LogP contribution in [0, 0.1) is 13.8 Å². The Hall–Kier alpha value is -2.08. The third kappa shape index (κ3) is 3.27. The quantitative estimate of drug-likeness (QED) is 0.938. The van der Waals surface area contributed by atoms with Crippen molar-refractivity contribution in [2.75, 3.05) is 5.32 Å². The summed E-state index contributed by atoms with van der Waals surface area (Å²) in [5, 5.41) is 10.4. The first-order valence-electron chi connectivity index (χ1n) is 6.00. The predicted octanol–water partition coefficient (Wildman–Crippen LogP) is 2.75. The zero-order valence-electron chi connectivity index (χ0n) is 11.3. The second kappa shape index (κ2) is 5.92. The van der Waals surface area contributed by atoms with Crippen LogP contribution in [0.1, 0.15) is 18.2 Å². The van der Waals surface area contributed by atoms with E-state index in [4.69, 9.17) is 16.3 Å². The van der Waals surface area contributed by atoms with E-state index in [1.807, 2.05) is 6.92 Å². The maximum atomic E-state index is 11.9. The van der Waals surface area contributed by atoms with Gasteiger partial charge in [-0.25, -0.2) is 4.63 Å². The number of aryl methyl sites for hydroxylation is 2. The molecule has 1 heterocycles. The van der Waals surface area contributed by atoms with Gasteiger partial charge in [-0.15, -0.1) is 0 Å². The Morgan fingerprint density at radius 3 is 2.75 bits per heavy atom. The molecule has 0 radical (unpaired) electrons. The van der Waals surface area contributed by atoms with Crippen LogP contribution in [-0.2, 0) is 4.79 Å². The number of hydrogen-bond acceptors (Lipinski definition) is 5. The van der Waals surface area contributed by atoms with Crippen molar-refractivity contribution in [2.24, 2.45) is 0 Å². The molecule has 0 fully saturated rings. The van der Waals surface area contributed by atoms with Crippen molar-refractivity contribution in [3.05, 3.63) is 34.5 Å². The van der Waals surface area contributed by atoms with Crippen molar-refractivity contribution in [2.45, 2.75) is 26.9 Å². The third-order valence-electron chi connectivity index (χ3n) is 2.71. The molecule has 0 saturated heterocycles. The zero-order chi connectivity index (χ0) is 14.7. The van der Waals surface area contributed by atoms with Gasteiger partial charge in [-0.2, -0.15) is 0 Å². The Morgan fingerprint density at radius 1 is 1.40 bits per heavy atom. The first-order chi connectivity index (χ1) is 9.47. The smallest absolute Gasteiger partial charge is 0.266 e. The van der Waals surface area contributed by atoms with Crippen molar-refractivity contribution < 1.29 is 14.2 Å². The maximum absolute atomic E-state index is 11.9. The number of halogens is 1. The second-order valence-electron chi connectivity index (χ2n) is 4.36. The Labute approximate surface area is 121 Å². The summed E-state index contributed by atoms with van der Waals surface area (Å²) in [6.45, 7) is 5.19. The van der Waals surface area contributed by atoms with Gasteiger partial charge in [0.15, 0.2) is 11.9 Å². The highest BCUT2D eigenvalue weighted by atomic mass is 35.5. The zero-order valence-corrected chi connectivity index (χ0v) is 12.1. The van der Waals surface area contributed by atoms with Gasteiger partial charge in [0.05, 0.1) is 0 Å². The van der Waals surface area contributed by atoms with E-state index in [-0.39, 0.29) is 11.7 Å². The minimum Gasteiger partial charge on any atom is -0.481 e. The number of anilines is 1. The highest BCUT2D eigenvalue weighted by Gasteiger charge is 2.18. The van der Waals surface area contributed by atoms with E-state index in [9.17, 15) is 4.79 Å². The minimum atomic E-state index is -0.688. The van der Waals surface area contributed by atoms with Crippen LogP contribution in [0.4, 0.5) is 5.82 Å². The molecule has 1 aromatic heterocycles. The topological polar surface area (TPSA) is 77.2 Å². The summed E-state index contributed by atoms with van der Waals surface area (Å²) < 4.78 is 10.1. The summed E-state index contributed by atoms with van der Waals surface area (Å²) in [4.78, 5) is 11.9. The summed E-state index contributed by atoms with van der Waals surface area (Å²) in [7, 11) is 0. The van der Waals surface area contributed by atoms with Gasteiger partial charge in [-0.3, -0.25) is 4.79 Å². The van der Waals surface area contributed by atoms with Crippen LogP contribution < -0.4 is 10.1 Å². The lowest BCUT2D eigenvalue weighted by Gasteiger charge is -2.14.